The third-order valence-corrected chi connectivity index (χ3v) is 4.50. The summed E-state index contributed by atoms with van der Waals surface area (Å²) in [7, 11) is 1.66. The molecule has 0 N–H and O–H groups in total. The fourth-order valence-electron chi connectivity index (χ4n) is 3.51. The number of rotatable bonds is 4. The van der Waals surface area contributed by atoms with E-state index in [1.807, 2.05) is 4.57 Å². The predicted octanol–water partition coefficient (Wildman–Crippen LogP) is 4.56. The van der Waals surface area contributed by atoms with E-state index in [0.717, 1.165) is 25.3 Å². The van der Waals surface area contributed by atoms with Crippen LogP contribution in [0.5, 0.6) is 0 Å². The molecule has 0 spiro atoms. The molecule has 3 nitrogen and oxygen atoms in total. The Kier molecular flexibility index (Phi) is 4.43. The van der Waals surface area contributed by atoms with E-state index in [9.17, 15) is 13.2 Å². The highest BCUT2D eigenvalue weighted by Gasteiger charge is 2.36. The second kappa shape index (κ2) is 6.35. The van der Waals surface area contributed by atoms with Crippen molar-refractivity contribution in [2.45, 2.75) is 31.5 Å². The van der Waals surface area contributed by atoms with Gasteiger partial charge in [0.05, 0.1) is 12.2 Å². The number of hydrogen-bond acceptors (Lipinski definition) is 2. The van der Waals surface area contributed by atoms with Gasteiger partial charge in [0.15, 0.2) is 0 Å². The van der Waals surface area contributed by atoms with Crippen molar-refractivity contribution in [2.75, 3.05) is 13.7 Å². The normalized spacial score (nSPS) is 21.7. The molecule has 0 radical (unpaired) electrons. The standard InChI is InChI=1S/C17H19F3N2O/c1-23-11-12-5-4-8-15(12)22-10-9-21-16(22)13-6-2-3-7-14(13)17(18,19)20/h2-3,6-7,9-10,12,15H,4-5,8,11H2,1H3/t12-,15-/m1/s1. The molecule has 1 aromatic heterocycles. The number of ether oxygens (including phenoxy) is 1. The van der Waals surface area contributed by atoms with Gasteiger partial charge >= 0.3 is 6.18 Å². The van der Waals surface area contributed by atoms with Crippen LogP contribution < -0.4 is 0 Å². The molecular formula is C17H19F3N2O. The van der Waals surface area contributed by atoms with Crippen LogP contribution in [0.15, 0.2) is 36.7 Å². The lowest BCUT2D eigenvalue weighted by Gasteiger charge is -2.23. The highest BCUT2D eigenvalue weighted by molar-refractivity contribution is 5.62. The fraction of sp³-hybridized carbons (Fsp3) is 0.471. The van der Waals surface area contributed by atoms with Crippen LogP contribution in [-0.4, -0.2) is 23.3 Å². The Morgan fingerprint density at radius 3 is 2.78 bits per heavy atom. The molecule has 1 aliphatic carbocycles. The molecule has 0 bridgehead atoms. The molecule has 1 fully saturated rings. The number of imidazole rings is 1. The molecule has 1 aromatic carbocycles. The molecule has 2 aromatic rings. The maximum atomic E-state index is 13.3. The van der Waals surface area contributed by atoms with Gasteiger partial charge in [0.2, 0.25) is 0 Å². The number of aromatic nitrogens is 2. The first-order valence-electron chi connectivity index (χ1n) is 7.70. The summed E-state index contributed by atoms with van der Waals surface area (Å²) in [5.74, 6) is 0.692. The van der Waals surface area contributed by atoms with Crippen LogP contribution in [0.25, 0.3) is 11.4 Å². The van der Waals surface area contributed by atoms with E-state index in [1.165, 1.54) is 12.1 Å². The van der Waals surface area contributed by atoms with E-state index in [-0.39, 0.29) is 11.6 Å². The molecule has 23 heavy (non-hydrogen) atoms. The van der Waals surface area contributed by atoms with Gasteiger partial charge in [-0.1, -0.05) is 24.6 Å². The second-order valence-corrected chi connectivity index (χ2v) is 5.92. The molecule has 2 atom stereocenters. The Morgan fingerprint density at radius 2 is 2.04 bits per heavy atom. The summed E-state index contributed by atoms with van der Waals surface area (Å²) in [5.41, 5.74) is -0.512. The van der Waals surface area contributed by atoms with Crippen LogP contribution in [0.1, 0.15) is 30.9 Å². The fourth-order valence-corrected chi connectivity index (χ4v) is 3.51. The van der Waals surface area contributed by atoms with Gasteiger partial charge in [0.1, 0.15) is 5.82 Å². The van der Waals surface area contributed by atoms with E-state index in [0.29, 0.717) is 18.3 Å². The number of benzene rings is 1. The lowest BCUT2D eigenvalue weighted by Crippen LogP contribution is -2.19. The Morgan fingerprint density at radius 1 is 1.26 bits per heavy atom. The molecule has 3 rings (SSSR count). The largest absolute Gasteiger partial charge is 0.417 e. The van der Waals surface area contributed by atoms with Crippen molar-refractivity contribution >= 4 is 0 Å². The number of alkyl halides is 3. The Labute approximate surface area is 133 Å². The number of halogens is 3. The SMILES string of the molecule is COC[C@H]1CCC[C@H]1n1ccnc1-c1ccccc1C(F)(F)F. The maximum Gasteiger partial charge on any atom is 0.417 e. The zero-order chi connectivity index (χ0) is 16.4. The predicted molar refractivity (Wildman–Crippen MR) is 80.9 cm³/mol. The average molecular weight is 324 g/mol. The average Bonchev–Trinajstić information content (AvgIpc) is 3.15. The monoisotopic (exact) mass is 324 g/mol. The summed E-state index contributed by atoms with van der Waals surface area (Å²) in [6, 6.07) is 5.75. The van der Waals surface area contributed by atoms with Crippen molar-refractivity contribution in [3.8, 4) is 11.4 Å². The zero-order valence-corrected chi connectivity index (χ0v) is 12.9. The maximum absolute atomic E-state index is 13.3. The van der Waals surface area contributed by atoms with E-state index in [2.05, 4.69) is 4.98 Å². The highest BCUT2D eigenvalue weighted by atomic mass is 19.4. The quantitative estimate of drug-likeness (QED) is 0.824. The van der Waals surface area contributed by atoms with Crippen molar-refractivity contribution in [1.29, 1.82) is 0 Å². The Balaban J connectivity index is 2.03. The van der Waals surface area contributed by atoms with Gasteiger partial charge in [0, 0.05) is 37.0 Å². The summed E-state index contributed by atoms with van der Waals surface area (Å²) in [6.07, 6.45) is 1.97. The summed E-state index contributed by atoms with van der Waals surface area (Å²) in [5, 5.41) is 0. The van der Waals surface area contributed by atoms with E-state index in [4.69, 9.17) is 4.74 Å². The molecule has 124 valence electrons. The molecule has 1 aliphatic rings. The van der Waals surface area contributed by atoms with Gasteiger partial charge in [-0.3, -0.25) is 0 Å². The summed E-state index contributed by atoms with van der Waals surface area (Å²) < 4.78 is 47.0. The van der Waals surface area contributed by atoms with Crippen molar-refractivity contribution in [1.82, 2.24) is 9.55 Å². The summed E-state index contributed by atoms with van der Waals surface area (Å²) in [4.78, 5) is 4.22. The van der Waals surface area contributed by atoms with Crippen LogP contribution >= 0.6 is 0 Å². The van der Waals surface area contributed by atoms with Crippen LogP contribution in [0.2, 0.25) is 0 Å². The van der Waals surface area contributed by atoms with Gasteiger partial charge in [0.25, 0.3) is 0 Å². The topological polar surface area (TPSA) is 27.1 Å². The van der Waals surface area contributed by atoms with Gasteiger partial charge in [-0.15, -0.1) is 0 Å². The van der Waals surface area contributed by atoms with Crippen molar-refractivity contribution < 1.29 is 17.9 Å². The molecule has 0 saturated heterocycles. The highest BCUT2D eigenvalue weighted by Crippen LogP contribution is 2.41. The number of nitrogens with zero attached hydrogens (tertiary/aromatic N) is 2. The first-order valence-corrected chi connectivity index (χ1v) is 7.70. The van der Waals surface area contributed by atoms with Crippen LogP contribution in [0.3, 0.4) is 0 Å². The van der Waals surface area contributed by atoms with Crippen molar-refractivity contribution in [2.24, 2.45) is 5.92 Å². The van der Waals surface area contributed by atoms with Gasteiger partial charge in [-0.05, 0) is 18.9 Å². The third-order valence-electron chi connectivity index (χ3n) is 4.50. The van der Waals surface area contributed by atoms with E-state index < -0.39 is 11.7 Å². The van der Waals surface area contributed by atoms with E-state index in [1.54, 1.807) is 25.6 Å². The smallest absolute Gasteiger partial charge is 0.384 e. The van der Waals surface area contributed by atoms with Crippen LogP contribution in [-0.2, 0) is 10.9 Å². The second-order valence-electron chi connectivity index (χ2n) is 5.92. The van der Waals surface area contributed by atoms with Crippen LogP contribution in [0, 0.1) is 5.92 Å². The molecule has 0 aliphatic heterocycles. The summed E-state index contributed by atoms with van der Waals surface area (Å²) >= 11 is 0. The lowest BCUT2D eigenvalue weighted by molar-refractivity contribution is -0.137. The molecule has 0 unspecified atom stereocenters. The summed E-state index contributed by atoms with van der Waals surface area (Å²) in [6.45, 7) is 0.614. The minimum atomic E-state index is -4.39. The van der Waals surface area contributed by atoms with Gasteiger partial charge in [-0.2, -0.15) is 13.2 Å². The molecular weight excluding hydrogens is 305 g/mol. The Bertz CT molecular complexity index is 666. The van der Waals surface area contributed by atoms with Crippen LogP contribution in [0.4, 0.5) is 13.2 Å². The first-order chi connectivity index (χ1) is 11.0. The van der Waals surface area contributed by atoms with E-state index >= 15 is 0 Å². The lowest BCUT2D eigenvalue weighted by atomic mass is 10.0. The minimum Gasteiger partial charge on any atom is -0.384 e. The molecule has 1 heterocycles. The van der Waals surface area contributed by atoms with Crippen molar-refractivity contribution in [3.05, 3.63) is 42.2 Å². The Hall–Kier alpha value is -1.82. The molecule has 6 heteroatoms. The van der Waals surface area contributed by atoms with Gasteiger partial charge < -0.3 is 9.30 Å². The molecule has 0 amide bonds. The third kappa shape index (κ3) is 3.13. The number of methoxy groups -OCH3 is 1. The van der Waals surface area contributed by atoms with Gasteiger partial charge in [-0.25, -0.2) is 4.98 Å². The molecule has 1 saturated carbocycles. The minimum absolute atomic E-state index is 0.132. The zero-order valence-electron chi connectivity index (χ0n) is 12.9. The number of hydrogen-bond donors (Lipinski definition) is 0. The van der Waals surface area contributed by atoms with Crippen molar-refractivity contribution in [3.63, 3.8) is 0 Å². The first kappa shape index (κ1) is 16.1.